The highest BCUT2D eigenvalue weighted by Gasteiger charge is 2.08. The zero-order chi connectivity index (χ0) is 6.57. The van der Waals surface area contributed by atoms with Crippen molar-refractivity contribution in [2.24, 2.45) is 0 Å². The Balaban J connectivity index is 3.17. The predicted octanol–water partition coefficient (Wildman–Crippen LogP) is -1.29. The zero-order valence-electron chi connectivity index (χ0n) is 4.70. The molecule has 0 saturated heterocycles. The Morgan fingerprint density at radius 1 is 1.50 bits per heavy atom. The summed E-state index contributed by atoms with van der Waals surface area (Å²) in [6, 6.07) is 0. The van der Waals surface area contributed by atoms with E-state index in [-0.39, 0.29) is 6.54 Å². The highest BCUT2D eigenvalue weighted by atomic mass is 16.5. The van der Waals surface area contributed by atoms with Crippen LogP contribution < -0.4 is 5.48 Å². The highest BCUT2D eigenvalue weighted by molar-refractivity contribution is 4.60. The molecule has 4 heteroatoms. The standard InChI is InChI=1S/C4H11NO3/c1-3(6)4(7)2-5-8/h3-8H,2H2,1H3. The van der Waals surface area contributed by atoms with Crippen LogP contribution in [0.25, 0.3) is 0 Å². The molecule has 0 aliphatic rings. The second kappa shape index (κ2) is 3.80. The van der Waals surface area contributed by atoms with Gasteiger partial charge in [0.15, 0.2) is 0 Å². The van der Waals surface area contributed by atoms with E-state index in [1.807, 2.05) is 0 Å². The molecule has 0 aromatic carbocycles. The number of hydroxylamine groups is 1. The molecule has 0 aromatic heterocycles. The molecule has 0 heterocycles. The van der Waals surface area contributed by atoms with Crippen molar-refractivity contribution in [2.45, 2.75) is 19.1 Å². The van der Waals surface area contributed by atoms with Crippen molar-refractivity contribution < 1.29 is 15.4 Å². The molecule has 0 amide bonds. The second-order valence-corrected chi connectivity index (χ2v) is 1.67. The van der Waals surface area contributed by atoms with Crippen LogP contribution in [0.3, 0.4) is 0 Å². The molecule has 0 saturated carbocycles. The molecule has 2 unspecified atom stereocenters. The van der Waals surface area contributed by atoms with E-state index in [1.54, 1.807) is 5.48 Å². The number of hydrogen-bond acceptors (Lipinski definition) is 4. The van der Waals surface area contributed by atoms with Crippen molar-refractivity contribution in [1.29, 1.82) is 0 Å². The van der Waals surface area contributed by atoms with Gasteiger partial charge in [-0.15, -0.1) is 0 Å². The lowest BCUT2D eigenvalue weighted by Crippen LogP contribution is -2.32. The van der Waals surface area contributed by atoms with Crippen LogP contribution in [0, 0.1) is 0 Å². The quantitative estimate of drug-likeness (QED) is 0.350. The normalized spacial score (nSPS) is 18.0. The molecule has 0 bridgehead atoms. The molecule has 0 aromatic rings. The number of nitrogens with one attached hydrogen (secondary N) is 1. The third-order valence-corrected chi connectivity index (χ3v) is 0.857. The van der Waals surface area contributed by atoms with Gasteiger partial charge in [0.2, 0.25) is 0 Å². The molecule has 4 nitrogen and oxygen atoms in total. The van der Waals surface area contributed by atoms with Crippen molar-refractivity contribution in [3.63, 3.8) is 0 Å². The van der Waals surface area contributed by atoms with Gasteiger partial charge in [-0.05, 0) is 6.92 Å². The monoisotopic (exact) mass is 121 g/mol. The maximum Gasteiger partial charge on any atom is 0.0943 e. The van der Waals surface area contributed by atoms with Crippen LogP contribution in [0.15, 0.2) is 0 Å². The van der Waals surface area contributed by atoms with Crippen molar-refractivity contribution in [1.82, 2.24) is 5.48 Å². The van der Waals surface area contributed by atoms with Crippen LogP contribution in [-0.2, 0) is 0 Å². The van der Waals surface area contributed by atoms with Gasteiger partial charge >= 0.3 is 0 Å². The Kier molecular flexibility index (Phi) is 3.72. The lowest BCUT2D eigenvalue weighted by molar-refractivity contribution is 0.00701. The highest BCUT2D eigenvalue weighted by Crippen LogP contribution is 1.87. The summed E-state index contributed by atoms with van der Waals surface area (Å²) >= 11 is 0. The van der Waals surface area contributed by atoms with E-state index in [0.717, 1.165) is 0 Å². The Morgan fingerprint density at radius 3 is 2.12 bits per heavy atom. The van der Waals surface area contributed by atoms with E-state index in [4.69, 9.17) is 15.4 Å². The summed E-state index contributed by atoms with van der Waals surface area (Å²) < 4.78 is 0. The summed E-state index contributed by atoms with van der Waals surface area (Å²) in [4.78, 5) is 0. The first kappa shape index (κ1) is 7.84. The van der Waals surface area contributed by atoms with Crippen molar-refractivity contribution in [2.75, 3.05) is 6.54 Å². The van der Waals surface area contributed by atoms with Crippen LogP contribution in [0.2, 0.25) is 0 Å². The van der Waals surface area contributed by atoms with E-state index in [9.17, 15) is 0 Å². The Bertz CT molecular complexity index is 57.2. The van der Waals surface area contributed by atoms with Crippen molar-refractivity contribution in [3.8, 4) is 0 Å². The molecule has 2 atom stereocenters. The van der Waals surface area contributed by atoms with E-state index in [1.165, 1.54) is 6.92 Å². The van der Waals surface area contributed by atoms with Gasteiger partial charge in [-0.2, -0.15) is 0 Å². The zero-order valence-corrected chi connectivity index (χ0v) is 4.70. The number of aliphatic hydroxyl groups excluding tert-OH is 2. The second-order valence-electron chi connectivity index (χ2n) is 1.67. The fourth-order valence-corrected chi connectivity index (χ4v) is 0.264. The van der Waals surface area contributed by atoms with Gasteiger partial charge in [0.1, 0.15) is 0 Å². The largest absolute Gasteiger partial charge is 0.391 e. The van der Waals surface area contributed by atoms with E-state index in [2.05, 4.69) is 0 Å². The summed E-state index contributed by atoms with van der Waals surface area (Å²) in [7, 11) is 0. The number of hydrogen-bond donors (Lipinski definition) is 4. The lowest BCUT2D eigenvalue weighted by Gasteiger charge is -2.10. The Morgan fingerprint density at radius 2 is 2.00 bits per heavy atom. The fourth-order valence-electron chi connectivity index (χ4n) is 0.264. The molecule has 0 aliphatic carbocycles. The average Bonchev–Trinajstić information content (AvgIpc) is 1.67. The maximum absolute atomic E-state index is 8.65. The minimum atomic E-state index is -0.889. The Labute approximate surface area is 47.7 Å². The summed E-state index contributed by atoms with van der Waals surface area (Å²) in [5.41, 5.74) is 1.74. The first-order valence-corrected chi connectivity index (χ1v) is 2.41. The van der Waals surface area contributed by atoms with Crippen LogP contribution in [0.5, 0.6) is 0 Å². The minimum absolute atomic E-state index is 0.00231. The van der Waals surface area contributed by atoms with Crippen LogP contribution >= 0.6 is 0 Å². The van der Waals surface area contributed by atoms with Crippen LogP contribution in [0.4, 0.5) is 0 Å². The first-order chi connectivity index (χ1) is 3.68. The van der Waals surface area contributed by atoms with Crippen LogP contribution in [0.1, 0.15) is 6.92 Å². The Hall–Kier alpha value is -0.160. The molecule has 0 radical (unpaired) electrons. The fraction of sp³-hybridized carbons (Fsp3) is 1.00. The minimum Gasteiger partial charge on any atom is -0.391 e. The van der Waals surface area contributed by atoms with E-state index < -0.39 is 12.2 Å². The summed E-state index contributed by atoms with van der Waals surface area (Å²) in [5, 5.41) is 25.2. The first-order valence-electron chi connectivity index (χ1n) is 2.41. The van der Waals surface area contributed by atoms with Crippen molar-refractivity contribution >= 4 is 0 Å². The van der Waals surface area contributed by atoms with Gasteiger partial charge in [-0.1, -0.05) is 0 Å². The van der Waals surface area contributed by atoms with Gasteiger partial charge in [-0.3, -0.25) is 0 Å². The molecule has 0 rings (SSSR count). The van der Waals surface area contributed by atoms with Gasteiger partial charge in [0.25, 0.3) is 0 Å². The molecule has 4 N–H and O–H groups in total. The number of rotatable bonds is 3. The van der Waals surface area contributed by atoms with Gasteiger partial charge in [-0.25, -0.2) is 5.48 Å². The van der Waals surface area contributed by atoms with E-state index in [0.29, 0.717) is 0 Å². The number of aliphatic hydroxyl groups is 2. The van der Waals surface area contributed by atoms with Crippen molar-refractivity contribution in [3.05, 3.63) is 0 Å². The van der Waals surface area contributed by atoms with Crippen LogP contribution in [-0.4, -0.2) is 34.2 Å². The molecular weight excluding hydrogens is 110 g/mol. The van der Waals surface area contributed by atoms with Gasteiger partial charge in [0.05, 0.1) is 12.2 Å². The average molecular weight is 121 g/mol. The molecule has 8 heavy (non-hydrogen) atoms. The summed E-state index contributed by atoms with van der Waals surface area (Å²) in [6.07, 6.45) is -1.69. The van der Waals surface area contributed by atoms with Gasteiger partial charge in [0, 0.05) is 6.54 Å². The third-order valence-electron chi connectivity index (χ3n) is 0.857. The van der Waals surface area contributed by atoms with Gasteiger partial charge < -0.3 is 15.4 Å². The third kappa shape index (κ3) is 2.92. The molecule has 0 spiro atoms. The molecular formula is C4H11NO3. The lowest BCUT2D eigenvalue weighted by atomic mass is 10.2. The topological polar surface area (TPSA) is 72.7 Å². The van der Waals surface area contributed by atoms with E-state index >= 15 is 0 Å². The predicted molar refractivity (Wildman–Crippen MR) is 27.5 cm³/mol. The SMILES string of the molecule is CC(O)C(O)CNO. The molecule has 0 aliphatic heterocycles. The molecule has 0 fully saturated rings. The summed E-state index contributed by atoms with van der Waals surface area (Å²) in [5.74, 6) is 0. The maximum atomic E-state index is 8.65. The smallest absolute Gasteiger partial charge is 0.0943 e. The summed E-state index contributed by atoms with van der Waals surface area (Å²) in [6.45, 7) is 1.44. The molecule has 50 valence electrons.